The van der Waals surface area contributed by atoms with Crippen LogP contribution in [0.5, 0.6) is 5.75 Å². The molecule has 0 spiro atoms. The minimum Gasteiger partial charge on any atom is -0.491 e. The number of aliphatic hydroxyl groups is 1. The van der Waals surface area contributed by atoms with Crippen molar-refractivity contribution in [1.29, 1.82) is 0 Å². The first kappa shape index (κ1) is 26.0. The average molecular weight is 458 g/mol. The third kappa shape index (κ3) is 9.43. The molecule has 0 amide bonds. The minimum absolute atomic E-state index is 0.200. The molecule has 2 atom stereocenters. The fraction of sp³-hybridized carbons (Fsp3) is 0.400. The van der Waals surface area contributed by atoms with E-state index in [9.17, 15) is 9.90 Å². The molecule has 0 bridgehead atoms. The van der Waals surface area contributed by atoms with E-state index in [4.69, 9.17) is 24.5 Å². The van der Waals surface area contributed by atoms with Gasteiger partial charge in [0, 0.05) is 19.0 Å². The number of ether oxygens (including phenoxy) is 1. The van der Waals surface area contributed by atoms with E-state index in [0.717, 1.165) is 30.6 Å². The van der Waals surface area contributed by atoms with Crippen LogP contribution in [0.1, 0.15) is 48.9 Å². The Labute approximate surface area is 193 Å². The van der Waals surface area contributed by atoms with Gasteiger partial charge in [0.05, 0.1) is 0 Å². The van der Waals surface area contributed by atoms with Crippen LogP contribution >= 0.6 is 0 Å². The molecule has 0 fully saturated rings. The van der Waals surface area contributed by atoms with Crippen LogP contribution in [0.3, 0.4) is 0 Å². The third-order valence-electron chi connectivity index (χ3n) is 5.28. The zero-order chi connectivity index (χ0) is 24.2. The summed E-state index contributed by atoms with van der Waals surface area (Å²) in [6.45, 7) is 2.38. The van der Waals surface area contributed by atoms with Crippen molar-refractivity contribution in [3.8, 4) is 5.75 Å². The molecule has 1 aliphatic rings. The monoisotopic (exact) mass is 457 g/mol. The molecule has 0 saturated carbocycles. The number of rotatable bonds is 9. The molecular weight excluding hydrogens is 426 g/mol. The van der Waals surface area contributed by atoms with Gasteiger partial charge < -0.3 is 30.2 Å². The summed E-state index contributed by atoms with van der Waals surface area (Å²) in [7, 11) is 0. The van der Waals surface area contributed by atoms with Crippen LogP contribution in [0.15, 0.2) is 48.5 Å². The van der Waals surface area contributed by atoms with E-state index in [1.807, 2.05) is 24.3 Å². The van der Waals surface area contributed by atoms with Crippen molar-refractivity contribution in [2.75, 3.05) is 13.2 Å². The lowest BCUT2D eigenvalue weighted by atomic mass is 9.88. The predicted molar refractivity (Wildman–Crippen MR) is 122 cm³/mol. The maximum atomic E-state index is 11.0. The lowest BCUT2D eigenvalue weighted by molar-refractivity contribution is -0.159. The fourth-order valence-corrected chi connectivity index (χ4v) is 3.57. The summed E-state index contributed by atoms with van der Waals surface area (Å²) < 4.78 is 5.70. The van der Waals surface area contributed by atoms with Gasteiger partial charge in [0.2, 0.25) is 0 Å². The molecule has 8 nitrogen and oxygen atoms in total. The number of carbonyl (C=O) groups is 3. The van der Waals surface area contributed by atoms with E-state index < -0.39 is 18.0 Å². The molecule has 1 aliphatic carbocycles. The highest BCUT2D eigenvalue weighted by molar-refractivity contribution is 6.27. The van der Waals surface area contributed by atoms with E-state index in [1.54, 1.807) is 6.92 Å². The number of aliphatic carboxylic acids is 2. The maximum absolute atomic E-state index is 11.0. The Kier molecular flexibility index (Phi) is 10.5. The first-order chi connectivity index (χ1) is 15.8. The highest BCUT2D eigenvalue weighted by Gasteiger charge is 2.20. The topological polar surface area (TPSA) is 133 Å². The predicted octanol–water partition coefficient (Wildman–Crippen LogP) is 2.77. The van der Waals surface area contributed by atoms with E-state index in [0.29, 0.717) is 19.0 Å². The van der Waals surface area contributed by atoms with E-state index in [-0.39, 0.29) is 12.4 Å². The van der Waals surface area contributed by atoms with Gasteiger partial charge in [0.1, 0.15) is 24.2 Å². The maximum Gasteiger partial charge on any atom is 0.414 e. The number of hydrogen-bond donors (Lipinski definition) is 4. The molecule has 33 heavy (non-hydrogen) atoms. The normalized spacial score (nSPS) is 15.4. The fourth-order valence-electron chi connectivity index (χ4n) is 3.57. The molecule has 2 aromatic rings. The van der Waals surface area contributed by atoms with Gasteiger partial charge in [0.15, 0.2) is 0 Å². The van der Waals surface area contributed by atoms with Crippen LogP contribution in [0.25, 0.3) is 0 Å². The second-order valence-electron chi connectivity index (χ2n) is 7.97. The van der Waals surface area contributed by atoms with Crippen molar-refractivity contribution in [3.05, 3.63) is 65.2 Å². The van der Waals surface area contributed by atoms with Crippen molar-refractivity contribution >= 4 is 17.7 Å². The Morgan fingerprint density at radius 1 is 1.06 bits per heavy atom. The molecule has 4 N–H and O–H groups in total. The molecule has 2 unspecified atom stereocenters. The molecule has 8 heteroatoms. The smallest absolute Gasteiger partial charge is 0.414 e. The lowest BCUT2D eigenvalue weighted by Crippen LogP contribution is -2.35. The largest absolute Gasteiger partial charge is 0.491 e. The molecule has 0 radical (unpaired) electrons. The first-order valence-electron chi connectivity index (χ1n) is 10.9. The molecule has 0 aliphatic heterocycles. The summed E-state index contributed by atoms with van der Waals surface area (Å²) >= 11 is 0. The highest BCUT2D eigenvalue weighted by atomic mass is 16.5. The average Bonchev–Trinajstić information content (AvgIpc) is 2.81. The second kappa shape index (κ2) is 13.3. The quantitative estimate of drug-likeness (QED) is 0.423. The van der Waals surface area contributed by atoms with Gasteiger partial charge in [-0.3, -0.25) is 0 Å². The van der Waals surface area contributed by atoms with E-state index >= 15 is 0 Å². The molecule has 0 aromatic heterocycles. The highest BCUT2D eigenvalue weighted by Crippen LogP contribution is 2.29. The van der Waals surface area contributed by atoms with Gasteiger partial charge in [-0.15, -0.1) is 0 Å². The number of aryl methyl sites for hydroxylation is 2. The molecule has 3 rings (SSSR count). The molecule has 0 saturated heterocycles. The number of Topliss-reactive ketones (excluding diaryl/α,β-unsaturated/α-hetero) is 1. The van der Waals surface area contributed by atoms with Crippen molar-refractivity contribution in [3.63, 3.8) is 0 Å². The number of nitrogens with one attached hydrogen (secondary N) is 1. The van der Waals surface area contributed by atoms with Crippen molar-refractivity contribution in [2.24, 2.45) is 0 Å². The number of carboxylic acid groups (broad SMARTS) is 2. The second-order valence-corrected chi connectivity index (χ2v) is 7.97. The number of carboxylic acids is 2. The van der Waals surface area contributed by atoms with Gasteiger partial charge in [-0.25, -0.2) is 9.59 Å². The number of aliphatic hydroxyl groups excluding tert-OH is 1. The zero-order valence-corrected chi connectivity index (χ0v) is 18.7. The summed E-state index contributed by atoms with van der Waals surface area (Å²) in [5, 5.41) is 28.5. The lowest BCUT2D eigenvalue weighted by Gasteiger charge is -2.27. The number of hydrogen-bond acceptors (Lipinski definition) is 6. The van der Waals surface area contributed by atoms with Gasteiger partial charge in [-0.2, -0.15) is 0 Å². The van der Waals surface area contributed by atoms with Gasteiger partial charge >= 0.3 is 11.9 Å². The van der Waals surface area contributed by atoms with Crippen molar-refractivity contribution in [2.45, 2.75) is 51.2 Å². The number of benzene rings is 2. The molecule has 0 heterocycles. The summed E-state index contributed by atoms with van der Waals surface area (Å²) in [5.41, 5.74) is 3.89. The third-order valence-corrected chi connectivity index (χ3v) is 5.28. The van der Waals surface area contributed by atoms with Crippen LogP contribution in [0, 0.1) is 0 Å². The van der Waals surface area contributed by atoms with Crippen LogP contribution in [0.2, 0.25) is 0 Å². The Bertz CT molecular complexity index is 915. The summed E-state index contributed by atoms with van der Waals surface area (Å²) in [6.07, 6.45) is 4.18. The Balaban J connectivity index is 0.000000569. The SMILES string of the molecule is CC(=O)CCc1ccc(OCC(O)CNC2CCCc3ccccc32)cc1.O=C(O)C(=O)O. The number of fused-ring (bicyclic) bond motifs is 1. The number of carbonyl (C=O) groups excluding carboxylic acids is 1. The van der Waals surface area contributed by atoms with Gasteiger partial charge in [-0.1, -0.05) is 36.4 Å². The van der Waals surface area contributed by atoms with E-state index in [1.165, 1.54) is 17.5 Å². The van der Waals surface area contributed by atoms with Crippen molar-refractivity contribution < 1.29 is 34.4 Å². The summed E-state index contributed by atoms with van der Waals surface area (Å²) in [5.74, 6) is -2.71. The summed E-state index contributed by atoms with van der Waals surface area (Å²) in [4.78, 5) is 29.2. The van der Waals surface area contributed by atoms with Crippen LogP contribution in [0.4, 0.5) is 0 Å². The van der Waals surface area contributed by atoms with Crippen LogP contribution in [-0.4, -0.2) is 52.3 Å². The van der Waals surface area contributed by atoms with E-state index in [2.05, 4.69) is 29.6 Å². The van der Waals surface area contributed by atoms with Crippen LogP contribution in [-0.2, 0) is 27.2 Å². The summed E-state index contributed by atoms with van der Waals surface area (Å²) in [6, 6.07) is 16.6. The van der Waals surface area contributed by atoms with Gasteiger partial charge in [-0.05, 0) is 61.4 Å². The molecule has 178 valence electrons. The zero-order valence-electron chi connectivity index (χ0n) is 18.7. The Morgan fingerprint density at radius 3 is 2.36 bits per heavy atom. The van der Waals surface area contributed by atoms with Gasteiger partial charge in [0.25, 0.3) is 0 Å². The number of ketones is 1. The minimum atomic E-state index is -1.82. The van der Waals surface area contributed by atoms with Crippen LogP contribution < -0.4 is 10.1 Å². The van der Waals surface area contributed by atoms with Crippen molar-refractivity contribution in [1.82, 2.24) is 5.32 Å². The standard InChI is InChI=1S/C23H29NO3.C2H2O4/c1-17(25)9-10-18-11-13-21(14-12-18)27-16-20(26)15-24-23-8-4-6-19-5-2-3-7-22(19)23;3-1(4)2(5)6/h2-3,5,7,11-14,20,23-24,26H,4,6,8-10,15-16H2,1H3;(H,3,4)(H,5,6). The molecular formula is C25H31NO7. The Morgan fingerprint density at radius 2 is 1.73 bits per heavy atom. The Hall–Kier alpha value is -3.23. The molecule has 2 aromatic carbocycles. The first-order valence-corrected chi connectivity index (χ1v) is 10.9.